The van der Waals surface area contributed by atoms with Crippen LogP contribution >= 0.6 is 11.6 Å². The fourth-order valence-corrected chi connectivity index (χ4v) is 2.00. The molecule has 1 aromatic heterocycles. The lowest BCUT2D eigenvalue weighted by Crippen LogP contribution is -2.26. The van der Waals surface area contributed by atoms with Gasteiger partial charge >= 0.3 is 0 Å². The number of nitrogens with one attached hydrogen (secondary N) is 2. The first-order valence-electron chi connectivity index (χ1n) is 7.18. The molecule has 2 N–H and O–H groups in total. The van der Waals surface area contributed by atoms with Crippen molar-refractivity contribution in [2.75, 3.05) is 11.9 Å². The summed E-state index contributed by atoms with van der Waals surface area (Å²) in [6.07, 6.45) is 2.49. The standard InChI is InChI=1S/C16H19ClN4O/c1-11(2)6-8-18-15(22)14-7-9-19-16(21-14)20-13-5-3-4-12(17)10-13/h3-5,7,9-11H,6,8H2,1-2H3,(H,18,22)(H,19,20,21). The summed E-state index contributed by atoms with van der Waals surface area (Å²) in [7, 11) is 0. The first kappa shape index (κ1) is 16.2. The van der Waals surface area contributed by atoms with Crippen LogP contribution < -0.4 is 10.6 Å². The molecule has 0 radical (unpaired) electrons. The smallest absolute Gasteiger partial charge is 0.270 e. The van der Waals surface area contributed by atoms with E-state index in [4.69, 9.17) is 11.6 Å². The molecule has 2 rings (SSSR count). The summed E-state index contributed by atoms with van der Waals surface area (Å²) in [6.45, 7) is 4.87. The number of rotatable bonds is 6. The summed E-state index contributed by atoms with van der Waals surface area (Å²) in [6, 6.07) is 8.82. The Morgan fingerprint density at radius 3 is 2.86 bits per heavy atom. The number of aromatic nitrogens is 2. The van der Waals surface area contributed by atoms with Crippen LogP contribution in [0.3, 0.4) is 0 Å². The van der Waals surface area contributed by atoms with E-state index in [1.807, 2.05) is 12.1 Å². The zero-order valence-electron chi connectivity index (χ0n) is 12.6. The lowest BCUT2D eigenvalue weighted by molar-refractivity contribution is 0.0947. The molecule has 0 bridgehead atoms. The number of hydrogen-bond acceptors (Lipinski definition) is 4. The van der Waals surface area contributed by atoms with E-state index < -0.39 is 0 Å². The van der Waals surface area contributed by atoms with E-state index in [0.717, 1.165) is 12.1 Å². The molecule has 0 saturated heterocycles. The van der Waals surface area contributed by atoms with Crippen LogP contribution in [-0.4, -0.2) is 22.4 Å². The Bertz CT molecular complexity index is 646. The topological polar surface area (TPSA) is 66.9 Å². The number of carbonyl (C=O) groups is 1. The maximum atomic E-state index is 12.0. The number of nitrogens with zero attached hydrogens (tertiary/aromatic N) is 2. The van der Waals surface area contributed by atoms with Crippen molar-refractivity contribution in [3.05, 3.63) is 47.2 Å². The van der Waals surface area contributed by atoms with E-state index in [9.17, 15) is 4.79 Å². The maximum Gasteiger partial charge on any atom is 0.270 e. The first-order valence-corrected chi connectivity index (χ1v) is 7.56. The third-order valence-corrected chi connectivity index (χ3v) is 3.21. The number of anilines is 2. The van der Waals surface area contributed by atoms with Gasteiger partial charge in [-0.05, 0) is 36.6 Å². The Labute approximate surface area is 135 Å². The Kier molecular flexibility index (Phi) is 5.72. The molecule has 0 aliphatic carbocycles. The molecule has 1 amide bonds. The van der Waals surface area contributed by atoms with Crippen LogP contribution in [-0.2, 0) is 0 Å². The molecule has 1 aromatic carbocycles. The van der Waals surface area contributed by atoms with Gasteiger partial charge in [-0.1, -0.05) is 31.5 Å². The Balaban J connectivity index is 2.01. The van der Waals surface area contributed by atoms with Gasteiger partial charge in [0.15, 0.2) is 0 Å². The number of amides is 1. The van der Waals surface area contributed by atoms with Crippen LogP contribution in [0, 0.1) is 5.92 Å². The zero-order chi connectivity index (χ0) is 15.9. The molecule has 2 aromatic rings. The van der Waals surface area contributed by atoms with Crippen molar-refractivity contribution in [3.8, 4) is 0 Å². The molecule has 1 heterocycles. The quantitative estimate of drug-likeness (QED) is 0.853. The zero-order valence-corrected chi connectivity index (χ0v) is 13.4. The summed E-state index contributed by atoms with van der Waals surface area (Å²) in [4.78, 5) is 20.4. The van der Waals surface area contributed by atoms with Crippen molar-refractivity contribution in [2.45, 2.75) is 20.3 Å². The molecule has 22 heavy (non-hydrogen) atoms. The lowest BCUT2D eigenvalue weighted by Gasteiger charge is -2.08. The second kappa shape index (κ2) is 7.75. The summed E-state index contributed by atoms with van der Waals surface area (Å²) in [5, 5.41) is 6.50. The van der Waals surface area contributed by atoms with Gasteiger partial charge in [0.05, 0.1) is 0 Å². The Morgan fingerprint density at radius 1 is 1.32 bits per heavy atom. The second-order valence-corrected chi connectivity index (χ2v) is 5.78. The molecule has 0 fully saturated rings. The lowest BCUT2D eigenvalue weighted by atomic mass is 10.1. The van der Waals surface area contributed by atoms with Gasteiger partial charge in [-0.3, -0.25) is 4.79 Å². The molecule has 0 unspecified atom stereocenters. The second-order valence-electron chi connectivity index (χ2n) is 5.34. The van der Waals surface area contributed by atoms with Gasteiger partial charge < -0.3 is 10.6 Å². The van der Waals surface area contributed by atoms with E-state index in [0.29, 0.717) is 29.1 Å². The highest BCUT2D eigenvalue weighted by Crippen LogP contribution is 2.17. The van der Waals surface area contributed by atoms with Crippen LogP contribution in [0.15, 0.2) is 36.5 Å². The third kappa shape index (κ3) is 5.00. The van der Waals surface area contributed by atoms with Crippen LogP contribution in [0.2, 0.25) is 5.02 Å². The van der Waals surface area contributed by atoms with Gasteiger partial charge in [0.25, 0.3) is 5.91 Å². The molecule has 5 nitrogen and oxygen atoms in total. The van der Waals surface area contributed by atoms with E-state index in [1.54, 1.807) is 24.4 Å². The van der Waals surface area contributed by atoms with E-state index in [2.05, 4.69) is 34.4 Å². The highest BCUT2D eigenvalue weighted by Gasteiger charge is 2.09. The van der Waals surface area contributed by atoms with Gasteiger partial charge in [-0.2, -0.15) is 0 Å². The summed E-state index contributed by atoms with van der Waals surface area (Å²) in [5.41, 5.74) is 1.10. The molecule has 0 atom stereocenters. The van der Waals surface area contributed by atoms with E-state index in [1.165, 1.54) is 0 Å². The average molecular weight is 319 g/mol. The summed E-state index contributed by atoms with van der Waals surface area (Å²) < 4.78 is 0. The van der Waals surface area contributed by atoms with Gasteiger partial charge in [0.1, 0.15) is 5.69 Å². The van der Waals surface area contributed by atoms with Gasteiger partial charge in [0.2, 0.25) is 5.95 Å². The number of hydrogen-bond donors (Lipinski definition) is 2. The van der Waals surface area contributed by atoms with Crippen molar-refractivity contribution in [1.82, 2.24) is 15.3 Å². The molecular weight excluding hydrogens is 300 g/mol. The van der Waals surface area contributed by atoms with Crippen molar-refractivity contribution in [1.29, 1.82) is 0 Å². The minimum atomic E-state index is -0.197. The van der Waals surface area contributed by atoms with Gasteiger partial charge in [-0.25, -0.2) is 9.97 Å². The number of carbonyl (C=O) groups excluding carboxylic acids is 1. The van der Waals surface area contributed by atoms with Gasteiger partial charge in [-0.15, -0.1) is 0 Å². The Hall–Kier alpha value is -2.14. The van der Waals surface area contributed by atoms with Crippen molar-refractivity contribution in [3.63, 3.8) is 0 Å². The van der Waals surface area contributed by atoms with Crippen LogP contribution in [0.1, 0.15) is 30.8 Å². The molecule has 0 saturated carbocycles. The van der Waals surface area contributed by atoms with Crippen LogP contribution in [0.5, 0.6) is 0 Å². The average Bonchev–Trinajstić information content (AvgIpc) is 2.47. The monoisotopic (exact) mass is 318 g/mol. The van der Waals surface area contributed by atoms with Crippen molar-refractivity contribution < 1.29 is 4.79 Å². The molecule has 0 aliphatic heterocycles. The molecule has 6 heteroatoms. The number of benzene rings is 1. The summed E-state index contributed by atoms with van der Waals surface area (Å²) >= 11 is 5.93. The van der Waals surface area contributed by atoms with Gasteiger partial charge in [0, 0.05) is 23.5 Å². The van der Waals surface area contributed by atoms with E-state index >= 15 is 0 Å². The van der Waals surface area contributed by atoms with Crippen LogP contribution in [0.4, 0.5) is 11.6 Å². The number of halogens is 1. The normalized spacial score (nSPS) is 10.5. The fraction of sp³-hybridized carbons (Fsp3) is 0.312. The molecule has 116 valence electrons. The van der Waals surface area contributed by atoms with E-state index in [-0.39, 0.29) is 5.91 Å². The Morgan fingerprint density at radius 2 is 2.14 bits per heavy atom. The highest BCUT2D eigenvalue weighted by molar-refractivity contribution is 6.30. The first-order chi connectivity index (χ1) is 10.5. The molecular formula is C16H19ClN4O. The molecule has 0 aliphatic rings. The SMILES string of the molecule is CC(C)CCNC(=O)c1ccnc(Nc2cccc(Cl)c2)n1. The predicted molar refractivity (Wildman–Crippen MR) is 88.6 cm³/mol. The predicted octanol–water partition coefficient (Wildman–Crippen LogP) is 3.65. The fourth-order valence-electron chi connectivity index (χ4n) is 1.81. The highest BCUT2D eigenvalue weighted by atomic mass is 35.5. The van der Waals surface area contributed by atoms with Crippen LogP contribution in [0.25, 0.3) is 0 Å². The largest absolute Gasteiger partial charge is 0.351 e. The maximum absolute atomic E-state index is 12.0. The minimum absolute atomic E-state index is 0.197. The summed E-state index contributed by atoms with van der Waals surface area (Å²) in [5.74, 6) is 0.710. The van der Waals surface area contributed by atoms with Crippen molar-refractivity contribution in [2.24, 2.45) is 5.92 Å². The minimum Gasteiger partial charge on any atom is -0.351 e. The molecule has 0 spiro atoms. The van der Waals surface area contributed by atoms with Crippen molar-refractivity contribution >= 4 is 29.1 Å². The third-order valence-electron chi connectivity index (χ3n) is 2.98.